The fourth-order valence-electron chi connectivity index (χ4n) is 4.48. The molecule has 2 aromatic rings. The van der Waals surface area contributed by atoms with Gasteiger partial charge in [0.2, 0.25) is 5.91 Å². The Morgan fingerprint density at radius 1 is 1.12 bits per heavy atom. The largest absolute Gasteiger partial charge is 0.469 e. The molecule has 2 aromatic carbocycles. The van der Waals surface area contributed by atoms with Gasteiger partial charge in [0.15, 0.2) is 0 Å². The van der Waals surface area contributed by atoms with Gasteiger partial charge in [-0.05, 0) is 63.4 Å². The number of nitrogens with one attached hydrogen (secondary N) is 1. The van der Waals surface area contributed by atoms with Crippen molar-refractivity contribution in [3.05, 3.63) is 64.7 Å². The molecule has 1 unspecified atom stereocenters. The molecule has 6 heteroatoms. The van der Waals surface area contributed by atoms with E-state index < -0.39 is 5.41 Å². The Morgan fingerprint density at radius 2 is 1.81 bits per heavy atom. The van der Waals surface area contributed by atoms with Gasteiger partial charge in [0.05, 0.1) is 12.5 Å². The van der Waals surface area contributed by atoms with Gasteiger partial charge in [-0.1, -0.05) is 41.9 Å². The second kappa shape index (κ2) is 9.63. The first kappa shape index (κ1) is 24.3. The number of esters is 1. The van der Waals surface area contributed by atoms with Crippen LogP contribution in [0.5, 0.6) is 0 Å². The first-order valence-corrected chi connectivity index (χ1v) is 11.4. The van der Waals surface area contributed by atoms with Crippen LogP contribution in [0.1, 0.15) is 57.6 Å². The van der Waals surface area contributed by atoms with E-state index in [4.69, 9.17) is 16.3 Å². The van der Waals surface area contributed by atoms with E-state index in [9.17, 15) is 9.59 Å². The molecule has 0 bridgehead atoms. The summed E-state index contributed by atoms with van der Waals surface area (Å²) < 4.78 is 4.98. The van der Waals surface area contributed by atoms with Crippen molar-refractivity contribution >= 4 is 29.2 Å². The maximum absolute atomic E-state index is 13.2. The Hall–Kier alpha value is -2.37. The summed E-state index contributed by atoms with van der Waals surface area (Å²) in [4.78, 5) is 27.2. The zero-order valence-corrected chi connectivity index (χ0v) is 20.3. The lowest BCUT2D eigenvalue weighted by Crippen LogP contribution is -2.40. The van der Waals surface area contributed by atoms with Crippen molar-refractivity contribution in [3.63, 3.8) is 0 Å². The molecule has 1 amide bonds. The molecular formula is C26H33ClN2O3. The van der Waals surface area contributed by atoms with E-state index in [2.05, 4.69) is 31.3 Å². The van der Waals surface area contributed by atoms with E-state index >= 15 is 0 Å². The van der Waals surface area contributed by atoms with Crippen LogP contribution in [0.25, 0.3) is 0 Å². The molecule has 3 rings (SSSR count). The van der Waals surface area contributed by atoms with Crippen LogP contribution < -0.4 is 10.2 Å². The highest BCUT2D eigenvalue weighted by atomic mass is 35.5. The van der Waals surface area contributed by atoms with Crippen LogP contribution >= 0.6 is 11.6 Å². The highest BCUT2D eigenvalue weighted by Gasteiger charge is 2.39. The van der Waals surface area contributed by atoms with Gasteiger partial charge in [0.25, 0.3) is 0 Å². The number of benzene rings is 2. The second-order valence-corrected chi connectivity index (χ2v) is 10.1. The van der Waals surface area contributed by atoms with Gasteiger partial charge in [-0.3, -0.25) is 9.59 Å². The predicted octanol–water partition coefficient (Wildman–Crippen LogP) is 5.27. The number of rotatable bonds is 8. The van der Waals surface area contributed by atoms with Gasteiger partial charge in [0.1, 0.15) is 0 Å². The number of methoxy groups -OCH3 is 1. The third-order valence-corrected chi connectivity index (χ3v) is 6.56. The van der Waals surface area contributed by atoms with Gasteiger partial charge in [-0.25, -0.2) is 0 Å². The lowest BCUT2D eigenvalue weighted by molar-refractivity contribution is -0.151. The number of carbonyl (C=O) groups excluding carboxylic acids is 2. The minimum atomic E-state index is -0.653. The lowest BCUT2D eigenvalue weighted by Gasteiger charge is -2.28. The molecule has 1 N–H and O–H groups in total. The first-order valence-electron chi connectivity index (χ1n) is 11.0. The molecule has 1 heterocycles. The normalized spacial score (nSPS) is 16.1. The summed E-state index contributed by atoms with van der Waals surface area (Å²) in [6.07, 6.45) is 0.960. The minimum Gasteiger partial charge on any atom is -0.469 e. The molecule has 1 atom stereocenters. The molecular weight excluding hydrogens is 424 g/mol. The molecule has 1 aliphatic rings. The SMILES string of the molecule is COC(=O)C(C)(C)CC1CN(C(=O)CCNC(C)(C)c2ccccc2)c2ccc(Cl)cc21. The number of hydrogen-bond donors (Lipinski definition) is 1. The Kier molecular flexibility index (Phi) is 7.31. The van der Waals surface area contributed by atoms with Crippen molar-refractivity contribution in [2.75, 3.05) is 25.1 Å². The van der Waals surface area contributed by atoms with E-state index in [1.54, 1.807) is 0 Å². The summed E-state index contributed by atoms with van der Waals surface area (Å²) in [5, 5.41) is 4.13. The number of halogens is 1. The molecule has 0 aliphatic carbocycles. The molecule has 0 radical (unpaired) electrons. The van der Waals surface area contributed by atoms with Crippen molar-refractivity contribution in [1.82, 2.24) is 5.32 Å². The molecule has 0 aromatic heterocycles. The van der Waals surface area contributed by atoms with Crippen LogP contribution in [0.15, 0.2) is 48.5 Å². The van der Waals surface area contributed by atoms with Crippen LogP contribution in [-0.2, 0) is 19.9 Å². The number of fused-ring (bicyclic) bond motifs is 1. The fraction of sp³-hybridized carbons (Fsp3) is 0.462. The Labute approximate surface area is 196 Å². The summed E-state index contributed by atoms with van der Waals surface area (Å²) in [6.45, 7) is 9.09. The van der Waals surface area contributed by atoms with E-state index in [0.29, 0.717) is 31.0 Å². The molecule has 0 spiro atoms. The minimum absolute atomic E-state index is 0.0236. The topological polar surface area (TPSA) is 58.6 Å². The molecule has 0 saturated heterocycles. The van der Waals surface area contributed by atoms with E-state index in [-0.39, 0.29) is 23.3 Å². The van der Waals surface area contributed by atoms with Gasteiger partial charge in [-0.15, -0.1) is 0 Å². The number of anilines is 1. The van der Waals surface area contributed by atoms with E-state index in [1.165, 1.54) is 12.7 Å². The average Bonchev–Trinajstić information content (AvgIpc) is 3.10. The second-order valence-electron chi connectivity index (χ2n) is 9.65. The van der Waals surface area contributed by atoms with E-state index in [0.717, 1.165) is 11.3 Å². The van der Waals surface area contributed by atoms with Crippen LogP contribution in [0.4, 0.5) is 5.69 Å². The number of amides is 1. The number of carbonyl (C=O) groups is 2. The van der Waals surface area contributed by atoms with Gasteiger partial charge in [-0.2, -0.15) is 0 Å². The number of hydrogen-bond acceptors (Lipinski definition) is 4. The Morgan fingerprint density at radius 3 is 2.47 bits per heavy atom. The molecule has 0 fully saturated rings. The highest BCUT2D eigenvalue weighted by molar-refractivity contribution is 6.30. The van der Waals surface area contributed by atoms with Crippen LogP contribution in [0, 0.1) is 5.41 Å². The standard InChI is InChI=1S/C26H33ClN2O3/c1-25(2,24(31)32-5)16-18-17-29(22-12-11-20(27)15-21(18)22)23(30)13-14-28-26(3,4)19-9-7-6-8-10-19/h6-12,15,18,28H,13-14,16-17H2,1-5H3. The molecule has 5 nitrogen and oxygen atoms in total. The maximum Gasteiger partial charge on any atom is 0.311 e. The monoisotopic (exact) mass is 456 g/mol. The van der Waals surface area contributed by atoms with Crippen LogP contribution in [0.3, 0.4) is 0 Å². The quantitative estimate of drug-likeness (QED) is 0.549. The van der Waals surface area contributed by atoms with Gasteiger partial charge >= 0.3 is 5.97 Å². The molecule has 0 saturated carbocycles. The number of ether oxygens (including phenoxy) is 1. The Balaban J connectivity index is 1.70. The van der Waals surface area contributed by atoms with E-state index in [1.807, 2.05) is 55.1 Å². The average molecular weight is 457 g/mol. The highest BCUT2D eigenvalue weighted by Crippen LogP contribution is 2.44. The zero-order chi connectivity index (χ0) is 23.5. The van der Waals surface area contributed by atoms with Gasteiger partial charge in [0, 0.05) is 41.7 Å². The third-order valence-electron chi connectivity index (χ3n) is 6.32. The lowest BCUT2D eigenvalue weighted by atomic mass is 9.80. The summed E-state index contributed by atoms with van der Waals surface area (Å²) in [6, 6.07) is 15.8. The van der Waals surface area contributed by atoms with Crippen molar-refractivity contribution in [3.8, 4) is 0 Å². The van der Waals surface area contributed by atoms with Crippen LogP contribution in [0.2, 0.25) is 5.02 Å². The van der Waals surface area contributed by atoms with Crippen molar-refractivity contribution in [2.45, 2.75) is 52.0 Å². The molecule has 32 heavy (non-hydrogen) atoms. The Bertz CT molecular complexity index is 972. The van der Waals surface area contributed by atoms with Crippen molar-refractivity contribution < 1.29 is 14.3 Å². The maximum atomic E-state index is 13.2. The smallest absolute Gasteiger partial charge is 0.311 e. The summed E-state index contributed by atoms with van der Waals surface area (Å²) in [5.41, 5.74) is 2.19. The zero-order valence-electron chi connectivity index (χ0n) is 19.6. The molecule has 172 valence electrons. The fourth-order valence-corrected chi connectivity index (χ4v) is 4.66. The summed E-state index contributed by atoms with van der Waals surface area (Å²) in [7, 11) is 1.41. The predicted molar refractivity (Wildman–Crippen MR) is 129 cm³/mol. The van der Waals surface area contributed by atoms with Crippen molar-refractivity contribution in [1.29, 1.82) is 0 Å². The summed E-state index contributed by atoms with van der Waals surface area (Å²) >= 11 is 6.26. The molecule has 1 aliphatic heterocycles. The first-order chi connectivity index (χ1) is 15.0. The number of nitrogens with zero attached hydrogens (tertiary/aromatic N) is 1. The van der Waals surface area contributed by atoms with Crippen LogP contribution in [-0.4, -0.2) is 32.1 Å². The summed E-state index contributed by atoms with van der Waals surface area (Å²) in [5.74, 6) is -0.169. The van der Waals surface area contributed by atoms with Gasteiger partial charge < -0.3 is 15.0 Å². The third kappa shape index (κ3) is 5.33. The van der Waals surface area contributed by atoms with Crippen molar-refractivity contribution in [2.24, 2.45) is 5.41 Å².